The third-order valence-corrected chi connectivity index (χ3v) is 5.37. The third kappa shape index (κ3) is 4.17. The Morgan fingerprint density at radius 3 is 2.53 bits per heavy atom. The van der Waals surface area contributed by atoms with Crippen LogP contribution in [-0.4, -0.2) is 67.4 Å². The van der Waals surface area contributed by atoms with Crippen LogP contribution in [0.1, 0.15) is 39.6 Å². The van der Waals surface area contributed by atoms with E-state index < -0.39 is 0 Å². The number of aromatic nitrogens is 4. The highest BCUT2D eigenvalue weighted by molar-refractivity contribution is 5.94. The van der Waals surface area contributed by atoms with Crippen LogP contribution in [0.15, 0.2) is 30.3 Å². The zero-order valence-corrected chi connectivity index (χ0v) is 17.6. The molecule has 1 saturated heterocycles. The summed E-state index contributed by atoms with van der Waals surface area (Å²) in [6, 6.07) is 9.56. The molecule has 0 saturated carbocycles. The first-order valence-electron chi connectivity index (χ1n) is 10.2. The summed E-state index contributed by atoms with van der Waals surface area (Å²) in [5, 5.41) is 4.43. The number of fused-ring (bicyclic) bond motifs is 1. The number of carbonyl (C=O) groups excluding carboxylic acids is 2. The van der Waals surface area contributed by atoms with Crippen molar-refractivity contribution in [3.05, 3.63) is 58.7 Å². The fourth-order valence-corrected chi connectivity index (χ4v) is 3.86. The maximum absolute atomic E-state index is 12.9. The zero-order valence-electron chi connectivity index (χ0n) is 17.6. The van der Waals surface area contributed by atoms with E-state index in [9.17, 15) is 9.59 Å². The van der Waals surface area contributed by atoms with Crippen LogP contribution in [-0.2, 0) is 11.2 Å². The number of carbonyl (C=O) groups is 2. The van der Waals surface area contributed by atoms with Gasteiger partial charge in [-0.1, -0.05) is 17.7 Å². The van der Waals surface area contributed by atoms with E-state index >= 15 is 0 Å². The second-order valence-electron chi connectivity index (χ2n) is 7.85. The lowest BCUT2D eigenvalue weighted by atomic mass is 10.1. The molecule has 4 rings (SSSR count). The molecule has 0 unspecified atom stereocenters. The molecule has 0 atom stereocenters. The van der Waals surface area contributed by atoms with Crippen LogP contribution in [0, 0.1) is 20.8 Å². The highest BCUT2D eigenvalue weighted by atomic mass is 16.2. The van der Waals surface area contributed by atoms with Crippen molar-refractivity contribution in [2.75, 3.05) is 26.2 Å². The Morgan fingerprint density at radius 2 is 1.73 bits per heavy atom. The SMILES string of the molecule is Cc1cccc(C(=O)N2CCCN(C(=O)Cc3nc4nc(C)cc(C)n4n3)CC2)c1. The smallest absolute Gasteiger partial charge is 0.253 e. The Balaban J connectivity index is 1.41. The predicted octanol–water partition coefficient (Wildman–Crippen LogP) is 1.97. The Bertz CT molecular complexity index is 1110. The predicted molar refractivity (Wildman–Crippen MR) is 112 cm³/mol. The first-order chi connectivity index (χ1) is 14.4. The van der Waals surface area contributed by atoms with Crippen molar-refractivity contribution >= 4 is 17.6 Å². The molecule has 1 aliphatic rings. The molecular weight excluding hydrogens is 380 g/mol. The van der Waals surface area contributed by atoms with Crippen LogP contribution in [0.3, 0.4) is 0 Å². The Hall–Kier alpha value is -3.29. The van der Waals surface area contributed by atoms with Gasteiger partial charge < -0.3 is 9.80 Å². The van der Waals surface area contributed by atoms with Gasteiger partial charge in [-0.25, -0.2) is 9.50 Å². The molecular formula is C22H26N6O2. The summed E-state index contributed by atoms with van der Waals surface area (Å²) in [6.45, 7) is 8.14. The first kappa shape index (κ1) is 20.0. The summed E-state index contributed by atoms with van der Waals surface area (Å²) in [6.07, 6.45) is 0.884. The number of nitrogens with zero attached hydrogens (tertiary/aromatic N) is 6. The molecule has 0 spiro atoms. The van der Waals surface area contributed by atoms with Gasteiger partial charge >= 0.3 is 0 Å². The van der Waals surface area contributed by atoms with Crippen LogP contribution in [0.4, 0.5) is 0 Å². The van der Waals surface area contributed by atoms with Crippen LogP contribution >= 0.6 is 0 Å². The molecule has 2 aromatic heterocycles. The molecule has 0 aliphatic carbocycles. The molecule has 1 aliphatic heterocycles. The van der Waals surface area contributed by atoms with Crippen molar-refractivity contribution in [2.45, 2.75) is 33.6 Å². The summed E-state index contributed by atoms with van der Waals surface area (Å²) in [5.74, 6) is 0.983. The van der Waals surface area contributed by atoms with Crippen molar-refractivity contribution < 1.29 is 9.59 Å². The Labute approximate surface area is 175 Å². The summed E-state index contributed by atoms with van der Waals surface area (Å²) in [4.78, 5) is 38.1. The molecule has 8 heteroatoms. The summed E-state index contributed by atoms with van der Waals surface area (Å²) in [5.41, 5.74) is 3.56. The van der Waals surface area contributed by atoms with Crippen LogP contribution in [0.25, 0.3) is 5.78 Å². The van der Waals surface area contributed by atoms with E-state index in [1.807, 2.05) is 56.0 Å². The molecule has 156 valence electrons. The highest BCUT2D eigenvalue weighted by Crippen LogP contribution is 2.12. The molecule has 0 bridgehead atoms. The van der Waals surface area contributed by atoms with E-state index in [0.29, 0.717) is 43.3 Å². The lowest BCUT2D eigenvalue weighted by Gasteiger charge is -2.22. The van der Waals surface area contributed by atoms with Crippen molar-refractivity contribution in [1.29, 1.82) is 0 Å². The second kappa shape index (κ2) is 8.22. The van der Waals surface area contributed by atoms with Gasteiger partial charge in [-0.2, -0.15) is 4.98 Å². The van der Waals surface area contributed by atoms with E-state index in [-0.39, 0.29) is 18.2 Å². The summed E-state index contributed by atoms with van der Waals surface area (Å²) >= 11 is 0. The standard InChI is InChI=1S/C22H26N6O2/c1-15-6-4-7-18(12-15)21(30)27-9-5-8-26(10-11-27)20(29)14-19-24-22-23-16(2)13-17(3)28(22)25-19/h4,6-7,12-13H,5,8-11,14H2,1-3H3. The molecule has 3 heterocycles. The van der Waals surface area contributed by atoms with Crippen molar-refractivity contribution in [1.82, 2.24) is 29.4 Å². The minimum absolute atomic E-state index is 0.0203. The topological polar surface area (TPSA) is 83.7 Å². The monoisotopic (exact) mass is 406 g/mol. The number of benzene rings is 1. The van der Waals surface area contributed by atoms with Crippen molar-refractivity contribution in [2.24, 2.45) is 0 Å². The number of hydrogen-bond donors (Lipinski definition) is 0. The van der Waals surface area contributed by atoms with Gasteiger partial charge in [0.15, 0.2) is 5.82 Å². The van der Waals surface area contributed by atoms with Gasteiger partial charge in [-0.3, -0.25) is 9.59 Å². The van der Waals surface area contributed by atoms with Gasteiger partial charge in [0, 0.05) is 43.1 Å². The van der Waals surface area contributed by atoms with Crippen molar-refractivity contribution in [3.8, 4) is 0 Å². The first-order valence-corrected chi connectivity index (χ1v) is 10.2. The second-order valence-corrected chi connectivity index (χ2v) is 7.85. The van der Waals surface area contributed by atoms with Crippen LogP contribution in [0.5, 0.6) is 0 Å². The van der Waals surface area contributed by atoms with E-state index in [4.69, 9.17) is 0 Å². The number of amides is 2. The molecule has 1 fully saturated rings. The lowest BCUT2D eigenvalue weighted by molar-refractivity contribution is -0.130. The third-order valence-electron chi connectivity index (χ3n) is 5.37. The summed E-state index contributed by atoms with van der Waals surface area (Å²) in [7, 11) is 0. The fourth-order valence-electron chi connectivity index (χ4n) is 3.86. The van der Waals surface area contributed by atoms with E-state index in [0.717, 1.165) is 23.4 Å². The number of rotatable bonds is 3. The molecule has 0 radical (unpaired) electrons. The van der Waals surface area contributed by atoms with E-state index in [1.165, 1.54) is 0 Å². The molecule has 8 nitrogen and oxygen atoms in total. The molecule has 2 amide bonds. The average molecular weight is 406 g/mol. The van der Waals surface area contributed by atoms with E-state index in [1.54, 1.807) is 9.42 Å². The Morgan fingerprint density at radius 1 is 0.967 bits per heavy atom. The average Bonchev–Trinajstić information content (AvgIpc) is 2.94. The van der Waals surface area contributed by atoms with Gasteiger partial charge in [0.25, 0.3) is 11.7 Å². The van der Waals surface area contributed by atoms with Gasteiger partial charge in [0.2, 0.25) is 5.91 Å². The minimum Gasteiger partial charge on any atom is -0.340 e. The normalized spacial score (nSPS) is 14.8. The minimum atomic E-state index is -0.0230. The largest absolute Gasteiger partial charge is 0.340 e. The molecule has 3 aromatic rings. The molecule has 1 aromatic carbocycles. The highest BCUT2D eigenvalue weighted by Gasteiger charge is 2.24. The zero-order chi connectivity index (χ0) is 21.3. The maximum Gasteiger partial charge on any atom is 0.253 e. The summed E-state index contributed by atoms with van der Waals surface area (Å²) < 4.78 is 1.67. The van der Waals surface area contributed by atoms with Crippen molar-refractivity contribution in [3.63, 3.8) is 0 Å². The van der Waals surface area contributed by atoms with Crippen LogP contribution < -0.4 is 0 Å². The number of aryl methyl sites for hydroxylation is 3. The molecule has 30 heavy (non-hydrogen) atoms. The fraction of sp³-hybridized carbons (Fsp3) is 0.409. The molecule has 0 N–H and O–H groups in total. The lowest BCUT2D eigenvalue weighted by Crippen LogP contribution is -2.38. The van der Waals surface area contributed by atoms with E-state index in [2.05, 4.69) is 15.1 Å². The van der Waals surface area contributed by atoms with Gasteiger partial charge in [0.1, 0.15) is 0 Å². The maximum atomic E-state index is 12.9. The quantitative estimate of drug-likeness (QED) is 0.664. The Kier molecular flexibility index (Phi) is 5.48. The van der Waals surface area contributed by atoms with Gasteiger partial charge in [0.05, 0.1) is 6.42 Å². The van der Waals surface area contributed by atoms with Gasteiger partial charge in [-0.15, -0.1) is 5.10 Å². The number of hydrogen-bond acceptors (Lipinski definition) is 5. The van der Waals surface area contributed by atoms with Crippen LogP contribution in [0.2, 0.25) is 0 Å². The van der Waals surface area contributed by atoms with Gasteiger partial charge in [-0.05, 0) is 45.4 Å².